The van der Waals surface area contributed by atoms with E-state index in [-0.39, 0.29) is 6.42 Å². The predicted octanol–water partition coefficient (Wildman–Crippen LogP) is 2.24. The highest BCUT2D eigenvalue weighted by molar-refractivity contribution is 5.69. The fourth-order valence-electron chi connectivity index (χ4n) is 3.28. The first-order valence-electron chi connectivity index (χ1n) is 7.46. The number of fused-ring (bicyclic) bond motifs is 1. The van der Waals surface area contributed by atoms with Crippen LogP contribution >= 0.6 is 0 Å². The number of carboxylic acid groups (broad SMARTS) is 1. The molecule has 0 aromatic heterocycles. The van der Waals surface area contributed by atoms with Gasteiger partial charge >= 0.3 is 5.97 Å². The van der Waals surface area contributed by atoms with E-state index in [1.165, 1.54) is 0 Å². The van der Waals surface area contributed by atoms with Crippen LogP contribution in [-0.2, 0) is 10.3 Å². The Balaban J connectivity index is 1.97. The summed E-state index contributed by atoms with van der Waals surface area (Å²) >= 11 is 0. The molecule has 5 heteroatoms. The van der Waals surface area contributed by atoms with Crippen LogP contribution in [0.3, 0.4) is 0 Å². The first-order valence-corrected chi connectivity index (χ1v) is 7.46. The topological polar surface area (TPSA) is 59.0 Å². The molecule has 21 heavy (non-hydrogen) atoms. The largest absolute Gasteiger partial charge is 0.486 e. The lowest BCUT2D eigenvalue weighted by Crippen LogP contribution is -2.43. The van der Waals surface area contributed by atoms with Crippen LogP contribution in [0.4, 0.5) is 0 Å². The minimum atomic E-state index is -0.778. The van der Waals surface area contributed by atoms with Crippen molar-refractivity contribution >= 4 is 5.97 Å². The zero-order valence-electron chi connectivity index (χ0n) is 12.3. The fourth-order valence-corrected chi connectivity index (χ4v) is 3.28. The van der Waals surface area contributed by atoms with Crippen LogP contribution in [0.1, 0.15) is 31.7 Å². The normalized spacial score (nSPS) is 21.0. The Bertz CT molecular complexity index is 539. The van der Waals surface area contributed by atoms with Crippen LogP contribution in [-0.4, -0.2) is 42.3 Å². The lowest BCUT2D eigenvalue weighted by Gasteiger charge is -2.38. The Morgan fingerprint density at radius 2 is 1.90 bits per heavy atom. The first kappa shape index (κ1) is 14.2. The van der Waals surface area contributed by atoms with Crippen molar-refractivity contribution in [3.05, 3.63) is 23.8 Å². The number of benzene rings is 1. The smallest absolute Gasteiger partial charge is 0.305 e. The second-order valence-corrected chi connectivity index (χ2v) is 5.90. The summed E-state index contributed by atoms with van der Waals surface area (Å²) in [5, 5.41) is 9.33. The van der Waals surface area contributed by atoms with E-state index in [0.717, 1.165) is 43.0 Å². The maximum Gasteiger partial charge on any atom is 0.305 e. The van der Waals surface area contributed by atoms with Gasteiger partial charge in [-0.15, -0.1) is 0 Å². The maximum absolute atomic E-state index is 11.4. The van der Waals surface area contributed by atoms with Gasteiger partial charge in [-0.1, -0.05) is 6.07 Å². The van der Waals surface area contributed by atoms with Gasteiger partial charge in [0.25, 0.3) is 0 Å². The molecule has 0 radical (unpaired) electrons. The monoisotopic (exact) mass is 291 g/mol. The number of hydrogen-bond acceptors (Lipinski definition) is 4. The van der Waals surface area contributed by atoms with Gasteiger partial charge in [-0.25, -0.2) is 0 Å². The van der Waals surface area contributed by atoms with Gasteiger partial charge in [0.2, 0.25) is 0 Å². The van der Waals surface area contributed by atoms with E-state index in [1.54, 1.807) is 0 Å². The summed E-state index contributed by atoms with van der Waals surface area (Å²) in [7, 11) is 0. The van der Waals surface area contributed by atoms with E-state index >= 15 is 0 Å². The molecule has 0 aliphatic carbocycles. The standard InChI is InChI=1S/C16H21NO4/c1-16(11-15(18)19,17-6-2-3-7-17)12-4-5-13-14(10-12)21-9-8-20-13/h4-5,10H,2-3,6-9,11H2,1H3,(H,18,19). The molecule has 1 N–H and O–H groups in total. The van der Waals surface area contributed by atoms with Gasteiger partial charge in [-0.05, 0) is 50.6 Å². The Kier molecular flexibility index (Phi) is 3.76. The van der Waals surface area contributed by atoms with Crippen LogP contribution in [0.2, 0.25) is 0 Å². The highest BCUT2D eigenvalue weighted by Gasteiger charge is 2.38. The van der Waals surface area contributed by atoms with Gasteiger partial charge in [-0.3, -0.25) is 9.69 Å². The molecule has 0 amide bonds. The molecule has 1 aromatic carbocycles. The molecule has 5 nitrogen and oxygen atoms in total. The molecule has 1 unspecified atom stereocenters. The average Bonchev–Trinajstić information content (AvgIpc) is 3.01. The van der Waals surface area contributed by atoms with Crippen LogP contribution in [0.5, 0.6) is 11.5 Å². The zero-order valence-corrected chi connectivity index (χ0v) is 12.3. The third-order valence-electron chi connectivity index (χ3n) is 4.46. The Morgan fingerprint density at radius 3 is 2.57 bits per heavy atom. The maximum atomic E-state index is 11.4. The summed E-state index contributed by atoms with van der Waals surface area (Å²) in [5.41, 5.74) is 0.481. The molecule has 114 valence electrons. The SMILES string of the molecule is CC(CC(=O)O)(c1ccc2c(c1)OCCO2)N1CCCC1. The number of rotatable bonds is 4. The van der Waals surface area contributed by atoms with E-state index in [1.807, 2.05) is 25.1 Å². The van der Waals surface area contributed by atoms with Crippen LogP contribution in [0.25, 0.3) is 0 Å². The van der Waals surface area contributed by atoms with Crippen LogP contribution in [0.15, 0.2) is 18.2 Å². The minimum absolute atomic E-state index is 0.0899. The molecule has 1 saturated heterocycles. The molecule has 2 aliphatic rings. The molecule has 2 aliphatic heterocycles. The van der Waals surface area contributed by atoms with Gasteiger partial charge in [0, 0.05) is 0 Å². The molecule has 0 bridgehead atoms. The molecular weight excluding hydrogens is 270 g/mol. The van der Waals surface area contributed by atoms with Gasteiger partial charge < -0.3 is 14.6 Å². The molecule has 1 atom stereocenters. The molecule has 3 rings (SSSR count). The van der Waals surface area contributed by atoms with Crippen molar-refractivity contribution in [1.29, 1.82) is 0 Å². The van der Waals surface area contributed by atoms with Crippen molar-refractivity contribution in [2.24, 2.45) is 0 Å². The number of ether oxygens (including phenoxy) is 2. The Hall–Kier alpha value is -1.75. The second kappa shape index (κ2) is 5.56. The third-order valence-corrected chi connectivity index (χ3v) is 4.46. The Labute approximate surface area is 124 Å². The lowest BCUT2D eigenvalue weighted by molar-refractivity contribution is -0.140. The highest BCUT2D eigenvalue weighted by atomic mass is 16.6. The van der Waals surface area contributed by atoms with Crippen molar-refractivity contribution in [2.45, 2.75) is 31.7 Å². The molecule has 1 fully saturated rings. The summed E-state index contributed by atoms with van der Waals surface area (Å²) in [6.45, 7) is 5.00. The minimum Gasteiger partial charge on any atom is -0.486 e. The van der Waals surface area contributed by atoms with Crippen LogP contribution < -0.4 is 9.47 Å². The van der Waals surface area contributed by atoms with Gasteiger partial charge in [0.05, 0.1) is 12.0 Å². The van der Waals surface area contributed by atoms with Crippen molar-refractivity contribution < 1.29 is 19.4 Å². The predicted molar refractivity (Wildman–Crippen MR) is 77.8 cm³/mol. The van der Waals surface area contributed by atoms with Crippen molar-refractivity contribution in [2.75, 3.05) is 26.3 Å². The van der Waals surface area contributed by atoms with Gasteiger partial charge in [-0.2, -0.15) is 0 Å². The summed E-state index contributed by atoms with van der Waals surface area (Å²) in [6.07, 6.45) is 2.34. The lowest BCUT2D eigenvalue weighted by atomic mass is 9.86. The van der Waals surface area contributed by atoms with Crippen molar-refractivity contribution in [1.82, 2.24) is 4.90 Å². The zero-order chi connectivity index (χ0) is 14.9. The molecule has 0 saturated carbocycles. The van der Waals surface area contributed by atoms with Crippen molar-refractivity contribution in [3.8, 4) is 11.5 Å². The number of likely N-dealkylation sites (tertiary alicyclic amines) is 1. The summed E-state index contributed by atoms with van der Waals surface area (Å²) in [6, 6.07) is 5.80. The summed E-state index contributed by atoms with van der Waals surface area (Å²) < 4.78 is 11.2. The van der Waals surface area contributed by atoms with E-state index in [9.17, 15) is 9.90 Å². The number of carboxylic acids is 1. The summed E-state index contributed by atoms with van der Waals surface area (Å²) in [5.74, 6) is 0.679. The second-order valence-electron chi connectivity index (χ2n) is 5.90. The van der Waals surface area contributed by atoms with E-state index in [4.69, 9.17) is 9.47 Å². The molecular formula is C16H21NO4. The molecule has 1 aromatic rings. The van der Waals surface area contributed by atoms with Gasteiger partial charge in [0.15, 0.2) is 11.5 Å². The summed E-state index contributed by atoms with van der Waals surface area (Å²) in [4.78, 5) is 13.6. The number of aliphatic carboxylic acids is 1. The highest BCUT2D eigenvalue weighted by Crippen LogP contribution is 2.39. The van der Waals surface area contributed by atoms with E-state index < -0.39 is 11.5 Å². The van der Waals surface area contributed by atoms with Crippen LogP contribution in [0, 0.1) is 0 Å². The van der Waals surface area contributed by atoms with E-state index in [2.05, 4.69) is 4.90 Å². The quantitative estimate of drug-likeness (QED) is 0.922. The first-order chi connectivity index (χ1) is 10.1. The average molecular weight is 291 g/mol. The molecule has 0 spiro atoms. The van der Waals surface area contributed by atoms with E-state index in [0.29, 0.717) is 13.2 Å². The van der Waals surface area contributed by atoms with Gasteiger partial charge in [0.1, 0.15) is 13.2 Å². The van der Waals surface area contributed by atoms with Crippen molar-refractivity contribution in [3.63, 3.8) is 0 Å². The molecule has 2 heterocycles. The number of carbonyl (C=O) groups is 1. The third kappa shape index (κ3) is 2.70. The number of nitrogens with zero attached hydrogens (tertiary/aromatic N) is 1. The Morgan fingerprint density at radius 1 is 1.24 bits per heavy atom. The fraction of sp³-hybridized carbons (Fsp3) is 0.562. The number of hydrogen-bond donors (Lipinski definition) is 1.